The summed E-state index contributed by atoms with van der Waals surface area (Å²) < 4.78 is 0. The molecule has 2 heterocycles. The summed E-state index contributed by atoms with van der Waals surface area (Å²) in [5.74, 6) is 0.507. The zero-order valence-corrected chi connectivity index (χ0v) is 21.6. The summed E-state index contributed by atoms with van der Waals surface area (Å²) in [5.41, 5.74) is -0.372. The van der Waals surface area contributed by atoms with Crippen LogP contribution in [0.4, 0.5) is 0 Å². The third-order valence-electron chi connectivity index (χ3n) is 9.99. The van der Waals surface area contributed by atoms with Crippen molar-refractivity contribution >= 4 is 23.4 Å². The summed E-state index contributed by atoms with van der Waals surface area (Å²) in [6.07, 6.45) is 9.70. The number of hydrogen-bond donors (Lipinski definition) is 4. The van der Waals surface area contributed by atoms with Crippen LogP contribution in [0.5, 0.6) is 0 Å². The number of nitrogens with one attached hydrogen (secondary N) is 2. The highest BCUT2D eigenvalue weighted by molar-refractivity contribution is 6.27. The van der Waals surface area contributed by atoms with Gasteiger partial charge in [0.15, 0.2) is 5.78 Å². The lowest BCUT2D eigenvalue weighted by atomic mass is 9.63. The minimum Gasteiger partial charge on any atom is -0.507 e. The third kappa shape index (κ3) is 4.58. The van der Waals surface area contributed by atoms with Gasteiger partial charge in [-0.2, -0.15) is 0 Å². The van der Waals surface area contributed by atoms with Crippen molar-refractivity contribution < 1.29 is 29.4 Å². The van der Waals surface area contributed by atoms with Crippen LogP contribution < -0.4 is 10.6 Å². The molecule has 0 radical (unpaired) electrons. The number of aliphatic hydroxyl groups is 2. The maximum absolute atomic E-state index is 13.5. The van der Waals surface area contributed by atoms with Crippen molar-refractivity contribution in [3.05, 3.63) is 35.6 Å². The van der Waals surface area contributed by atoms with Crippen molar-refractivity contribution in [1.82, 2.24) is 10.6 Å². The topological polar surface area (TPSA) is 133 Å². The Morgan fingerprint density at radius 3 is 2.62 bits per heavy atom. The molecule has 0 unspecified atom stereocenters. The lowest BCUT2D eigenvalue weighted by molar-refractivity contribution is -0.131. The number of Topliss-reactive ketones (excluding diaryl/α,β-unsaturated/α-hetero) is 2. The summed E-state index contributed by atoms with van der Waals surface area (Å²) in [4.78, 5) is 51.2. The first-order valence-corrected chi connectivity index (χ1v) is 13.8. The van der Waals surface area contributed by atoms with Crippen LogP contribution in [0.15, 0.2) is 35.6 Å². The average Bonchev–Trinajstić information content (AvgIpc) is 3.48. The predicted octanol–water partition coefficient (Wildman–Crippen LogP) is 2.39. The van der Waals surface area contributed by atoms with Gasteiger partial charge >= 0.3 is 0 Å². The molecule has 2 amide bonds. The molecule has 200 valence electrons. The highest BCUT2D eigenvalue weighted by atomic mass is 16.3. The van der Waals surface area contributed by atoms with Crippen molar-refractivity contribution in [2.75, 3.05) is 6.54 Å². The van der Waals surface area contributed by atoms with Gasteiger partial charge in [0.25, 0.3) is 5.91 Å². The van der Waals surface area contributed by atoms with E-state index in [0.717, 1.165) is 12.8 Å². The first-order valence-electron chi connectivity index (χ1n) is 13.8. The number of carbonyl (C=O) groups excluding carboxylic acids is 4. The van der Waals surface area contributed by atoms with E-state index in [0.29, 0.717) is 36.5 Å². The SMILES string of the molecule is CC[C@H]1C[C@@H]2C[C@H]3[C@H]4C/C=C/C(=O)NCC[C@H](O)[C@H]5NC(=O)C(=C(O)/C=C\[C@@H]4CC(=O)[C@H]3[C@@H]2[C@@H]1C)C5=O. The zero-order valence-electron chi connectivity index (χ0n) is 21.6. The first kappa shape index (κ1) is 25.9. The molecule has 5 aliphatic rings. The van der Waals surface area contributed by atoms with E-state index in [9.17, 15) is 29.4 Å². The predicted molar refractivity (Wildman–Crippen MR) is 136 cm³/mol. The Balaban J connectivity index is 1.47. The second kappa shape index (κ2) is 10.2. The summed E-state index contributed by atoms with van der Waals surface area (Å²) in [6, 6.07) is -1.17. The molecular formula is C29H38N2O6. The average molecular weight is 511 g/mol. The van der Waals surface area contributed by atoms with Crippen LogP contribution in [0, 0.1) is 47.3 Å². The Morgan fingerprint density at radius 1 is 1.08 bits per heavy atom. The molecule has 0 aromatic rings. The molecule has 4 N–H and O–H groups in total. The van der Waals surface area contributed by atoms with Crippen LogP contribution in [0.25, 0.3) is 0 Å². The van der Waals surface area contributed by atoms with Crippen LogP contribution in [-0.4, -0.2) is 52.3 Å². The molecule has 10 atom stereocenters. The highest BCUT2D eigenvalue weighted by Crippen LogP contribution is 2.61. The van der Waals surface area contributed by atoms with Crippen molar-refractivity contribution in [2.45, 2.75) is 64.5 Å². The summed E-state index contributed by atoms with van der Waals surface area (Å²) in [5, 5.41) is 26.3. The fourth-order valence-corrected chi connectivity index (χ4v) is 8.25. The van der Waals surface area contributed by atoms with Crippen molar-refractivity contribution in [3.8, 4) is 0 Å². The Hall–Kier alpha value is -2.74. The van der Waals surface area contributed by atoms with Gasteiger partial charge in [-0.3, -0.25) is 19.2 Å². The van der Waals surface area contributed by atoms with Gasteiger partial charge in [0.05, 0.1) is 6.10 Å². The van der Waals surface area contributed by atoms with Crippen LogP contribution in [0.3, 0.4) is 0 Å². The van der Waals surface area contributed by atoms with E-state index in [1.807, 2.05) is 6.08 Å². The number of fused-ring (bicyclic) bond motifs is 7. The number of allylic oxidation sites excluding steroid dienone is 3. The number of hydrogen-bond acceptors (Lipinski definition) is 6. The van der Waals surface area contributed by atoms with Gasteiger partial charge in [0.1, 0.15) is 23.2 Å². The molecule has 5 rings (SSSR count). The lowest BCUT2D eigenvalue weighted by Crippen LogP contribution is -2.42. The Kier molecular flexibility index (Phi) is 7.14. The van der Waals surface area contributed by atoms with Gasteiger partial charge in [-0.05, 0) is 79.3 Å². The van der Waals surface area contributed by atoms with E-state index in [2.05, 4.69) is 24.5 Å². The van der Waals surface area contributed by atoms with Crippen LogP contribution in [0.1, 0.15) is 52.4 Å². The maximum atomic E-state index is 13.5. The van der Waals surface area contributed by atoms with Gasteiger partial charge in [-0.15, -0.1) is 0 Å². The van der Waals surface area contributed by atoms with E-state index < -0.39 is 29.6 Å². The number of carbonyl (C=O) groups is 4. The summed E-state index contributed by atoms with van der Waals surface area (Å²) >= 11 is 0. The molecule has 37 heavy (non-hydrogen) atoms. The van der Waals surface area contributed by atoms with E-state index in [1.54, 1.807) is 6.08 Å². The van der Waals surface area contributed by atoms with E-state index in [4.69, 9.17) is 0 Å². The Bertz CT molecular complexity index is 1080. The molecule has 0 aromatic carbocycles. The fourth-order valence-electron chi connectivity index (χ4n) is 8.25. The number of aliphatic hydroxyl groups excluding tert-OH is 2. The molecule has 3 saturated carbocycles. The largest absolute Gasteiger partial charge is 0.507 e. The smallest absolute Gasteiger partial charge is 0.259 e. The number of rotatable bonds is 1. The minimum atomic E-state index is -1.20. The molecule has 8 nitrogen and oxygen atoms in total. The number of ketones is 2. The van der Waals surface area contributed by atoms with Crippen LogP contribution >= 0.6 is 0 Å². The quantitative estimate of drug-likeness (QED) is 0.401. The normalized spacial score (nSPS) is 44.1. The highest BCUT2D eigenvalue weighted by Gasteiger charge is 2.58. The minimum absolute atomic E-state index is 0.0374. The first-order chi connectivity index (χ1) is 17.7. The molecule has 2 aliphatic heterocycles. The molecule has 3 aliphatic carbocycles. The van der Waals surface area contributed by atoms with Crippen LogP contribution in [0.2, 0.25) is 0 Å². The molecule has 0 spiro atoms. The van der Waals surface area contributed by atoms with E-state index in [1.165, 1.54) is 18.6 Å². The van der Waals surface area contributed by atoms with Gasteiger partial charge in [-0.25, -0.2) is 0 Å². The van der Waals surface area contributed by atoms with E-state index in [-0.39, 0.29) is 53.9 Å². The standard InChI is InChI=1S/C29H38N2O6/c1-3-15-11-17-12-19-18-5-4-6-23(35)30-10-9-21(33)27-28(36)26(29(37)31-27)20(32)8-7-16(18)13-22(34)25(19)24(17)14(15)2/h4,6-8,14-19,21,24-25,27,32-33H,3,5,9-13H2,1-2H3,(H,30,35)(H,31,37)/b6-4+,8-7-,26-20?/t14-,15+,16-,17-,18+,19+,21+,24-,25+,27-/m1/s1. The second-order valence-electron chi connectivity index (χ2n) is 11.7. The van der Waals surface area contributed by atoms with Crippen molar-refractivity contribution in [1.29, 1.82) is 0 Å². The summed E-state index contributed by atoms with van der Waals surface area (Å²) in [7, 11) is 0. The Morgan fingerprint density at radius 2 is 1.86 bits per heavy atom. The van der Waals surface area contributed by atoms with E-state index >= 15 is 0 Å². The van der Waals surface area contributed by atoms with Gasteiger partial charge in [0, 0.05) is 18.9 Å². The molecule has 0 aromatic heterocycles. The van der Waals surface area contributed by atoms with Gasteiger partial charge in [-0.1, -0.05) is 32.4 Å². The Labute approximate surface area is 217 Å². The summed E-state index contributed by atoms with van der Waals surface area (Å²) in [6.45, 7) is 4.68. The molecule has 4 fully saturated rings. The third-order valence-corrected chi connectivity index (χ3v) is 9.99. The van der Waals surface area contributed by atoms with Gasteiger partial charge < -0.3 is 20.8 Å². The maximum Gasteiger partial charge on any atom is 0.259 e. The molecular weight excluding hydrogens is 472 g/mol. The molecule has 1 saturated heterocycles. The number of amides is 2. The fraction of sp³-hybridized carbons (Fsp3) is 0.655. The second-order valence-corrected chi connectivity index (χ2v) is 11.7. The van der Waals surface area contributed by atoms with Crippen LogP contribution in [-0.2, 0) is 19.2 Å². The lowest BCUT2D eigenvalue weighted by Gasteiger charge is -2.40. The zero-order chi connectivity index (χ0) is 26.4. The van der Waals surface area contributed by atoms with Gasteiger partial charge in [0.2, 0.25) is 5.91 Å². The molecule has 8 heteroatoms. The van der Waals surface area contributed by atoms with Crippen molar-refractivity contribution in [2.24, 2.45) is 47.3 Å². The monoisotopic (exact) mass is 510 g/mol. The molecule has 2 bridgehead atoms. The van der Waals surface area contributed by atoms with Crippen molar-refractivity contribution in [3.63, 3.8) is 0 Å².